The molecule has 2 rings (SSSR count). The summed E-state index contributed by atoms with van der Waals surface area (Å²) in [5.74, 6) is 0.571. The Morgan fingerprint density at radius 2 is 0.730 bits per heavy atom. The molecule has 0 aliphatic heterocycles. The van der Waals surface area contributed by atoms with Gasteiger partial charge in [-0.05, 0) is 94.5 Å². The molecule has 0 bridgehead atoms. The van der Waals surface area contributed by atoms with E-state index in [-0.39, 0.29) is 10.8 Å². The molecule has 2 N–H and O–H groups in total. The molecule has 0 saturated heterocycles. The van der Waals surface area contributed by atoms with Gasteiger partial charge in [-0.1, -0.05) is 221 Å². The molecule has 0 fully saturated rings. The van der Waals surface area contributed by atoms with Gasteiger partial charge in [0.25, 0.3) is 0 Å². The summed E-state index contributed by atoms with van der Waals surface area (Å²) in [6.45, 7) is 21.9. The standard InChI is InChI=1S/C56H94O4S3/c1-11-13-15-17-19-21-23-25-27-29-31-33-35-61-41-47(53(57)58)45-37-43(3)51(39-49(45)55(5,6)7)63-52-40-50(56(8,9)10)46(38-44(52)4)48(54(59)60)42-62-36-34-32-30-28-26-24-22-20-18-16-14-12-2/h37-40,47-48H,11-36,41-42H2,1-10H3,(H,57,58)(H,59,60). The van der Waals surface area contributed by atoms with E-state index in [2.05, 4.69) is 93.5 Å². The summed E-state index contributed by atoms with van der Waals surface area (Å²) in [6, 6.07) is 8.79. The molecule has 0 saturated carbocycles. The molecule has 0 amide bonds. The van der Waals surface area contributed by atoms with E-state index >= 15 is 0 Å². The van der Waals surface area contributed by atoms with Crippen LogP contribution in [-0.2, 0) is 20.4 Å². The van der Waals surface area contributed by atoms with E-state index in [9.17, 15) is 19.8 Å². The normalized spacial score (nSPS) is 13.1. The van der Waals surface area contributed by atoms with Gasteiger partial charge >= 0.3 is 11.9 Å². The molecule has 0 spiro atoms. The fraction of sp³-hybridized carbons (Fsp3) is 0.750. The Balaban J connectivity index is 2.07. The summed E-state index contributed by atoms with van der Waals surface area (Å²) in [6.07, 6.45) is 31.9. The topological polar surface area (TPSA) is 74.6 Å². The first kappa shape index (κ1) is 57.6. The van der Waals surface area contributed by atoms with Crippen molar-refractivity contribution in [2.24, 2.45) is 0 Å². The molecule has 63 heavy (non-hydrogen) atoms. The van der Waals surface area contributed by atoms with Gasteiger partial charge in [0.05, 0.1) is 11.8 Å². The van der Waals surface area contributed by atoms with E-state index in [4.69, 9.17) is 0 Å². The number of aliphatic carboxylic acids is 2. The maximum Gasteiger partial charge on any atom is 0.311 e. The number of carboxylic acid groups (broad SMARTS) is 2. The molecule has 0 aromatic heterocycles. The van der Waals surface area contributed by atoms with E-state index in [0.717, 1.165) is 67.5 Å². The SMILES string of the molecule is CCCCCCCCCCCCCCSCC(C(=O)O)c1cc(C)c(Sc2cc(C(C)(C)C)c(C(CSCCCCCCCCCCCCCC)C(=O)O)cc2C)cc1C(C)(C)C. The van der Waals surface area contributed by atoms with Gasteiger partial charge in [-0.3, -0.25) is 9.59 Å². The molecule has 7 heteroatoms. The van der Waals surface area contributed by atoms with Crippen molar-refractivity contribution in [2.45, 2.75) is 256 Å². The molecular weight excluding hydrogens is 833 g/mol. The highest BCUT2D eigenvalue weighted by Gasteiger charge is 2.31. The average molecular weight is 928 g/mol. The Bertz CT molecular complexity index is 1460. The lowest BCUT2D eigenvalue weighted by Crippen LogP contribution is -2.22. The Morgan fingerprint density at radius 1 is 0.460 bits per heavy atom. The molecule has 0 aliphatic rings. The van der Waals surface area contributed by atoms with Crippen LogP contribution >= 0.6 is 35.3 Å². The van der Waals surface area contributed by atoms with Crippen molar-refractivity contribution in [3.8, 4) is 0 Å². The van der Waals surface area contributed by atoms with Crippen molar-refractivity contribution in [3.63, 3.8) is 0 Å². The van der Waals surface area contributed by atoms with Crippen LogP contribution in [0.4, 0.5) is 0 Å². The highest BCUT2D eigenvalue weighted by atomic mass is 32.2. The predicted molar refractivity (Wildman–Crippen MR) is 281 cm³/mol. The van der Waals surface area contributed by atoms with Gasteiger partial charge < -0.3 is 10.2 Å². The Morgan fingerprint density at radius 3 is 0.984 bits per heavy atom. The largest absolute Gasteiger partial charge is 0.481 e. The van der Waals surface area contributed by atoms with Crippen molar-refractivity contribution in [2.75, 3.05) is 23.0 Å². The summed E-state index contributed by atoms with van der Waals surface area (Å²) in [7, 11) is 0. The number of carboxylic acids is 2. The third-order valence-corrected chi connectivity index (χ3v) is 16.3. The number of carbonyl (C=O) groups is 2. The van der Waals surface area contributed by atoms with E-state index in [0.29, 0.717) is 11.5 Å². The summed E-state index contributed by atoms with van der Waals surface area (Å²) < 4.78 is 0. The third kappa shape index (κ3) is 23.1. The van der Waals surface area contributed by atoms with Crippen molar-refractivity contribution in [1.29, 1.82) is 0 Å². The molecule has 0 heterocycles. The predicted octanol–water partition coefficient (Wildman–Crippen LogP) is 18.3. The first-order chi connectivity index (χ1) is 30.0. The van der Waals surface area contributed by atoms with Gasteiger partial charge in [-0.25, -0.2) is 0 Å². The summed E-state index contributed by atoms with van der Waals surface area (Å²) >= 11 is 5.32. The lowest BCUT2D eigenvalue weighted by Gasteiger charge is -2.29. The number of unbranched alkanes of at least 4 members (excludes halogenated alkanes) is 22. The molecule has 2 unspecified atom stereocenters. The van der Waals surface area contributed by atoms with Crippen LogP contribution < -0.4 is 0 Å². The minimum atomic E-state index is -0.746. The summed E-state index contributed by atoms with van der Waals surface area (Å²) in [5, 5.41) is 21.1. The monoisotopic (exact) mass is 927 g/mol. The van der Waals surface area contributed by atoms with Crippen LogP contribution in [0.3, 0.4) is 0 Å². The van der Waals surface area contributed by atoms with Crippen LogP contribution in [0.25, 0.3) is 0 Å². The lowest BCUT2D eigenvalue weighted by atomic mass is 9.79. The first-order valence-electron chi connectivity index (χ1n) is 25.6. The zero-order chi connectivity index (χ0) is 46.7. The van der Waals surface area contributed by atoms with E-state index in [1.54, 1.807) is 35.3 Å². The average Bonchev–Trinajstić information content (AvgIpc) is 3.21. The molecule has 2 aromatic carbocycles. The Labute approximate surface area is 401 Å². The minimum absolute atomic E-state index is 0.235. The zero-order valence-electron chi connectivity index (χ0n) is 42.2. The van der Waals surface area contributed by atoms with Crippen molar-refractivity contribution in [3.05, 3.63) is 57.6 Å². The Kier molecular flexibility index (Phi) is 29.4. The molecular formula is C56H94O4S3. The van der Waals surface area contributed by atoms with Crippen LogP contribution in [-0.4, -0.2) is 45.2 Å². The smallest absolute Gasteiger partial charge is 0.311 e. The second kappa shape index (κ2) is 32.2. The summed E-state index contributed by atoms with van der Waals surface area (Å²) in [5.41, 5.74) is 5.75. The fourth-order valence-corrected chi connectivity index (χ4v) is 12.0. The number of hydrogen-bond donors (Lipinski definition) is 2. The zero-order valence-corrected chi connectivity index (χ0v) is 44.6. The van der Waals surface area contributed by atoms with Gasteiger partial charge in [0.2, 0.25) is 0 Å². The number of rotatable bonds is 36. The number of benzene rings is 2. The van der Waals surface area contributed by atoms with Gasteiger partial charge in [-0.2, -0.15) is 23.5 Å². The molecule has 4 nitrogen and oxygen atoms in total. The van der Waals surface area contributed by atoms with Crippen LogP contribution in [0.15, 0.2) is 34.1 Å². The lowest BCUT2D eigenvalue weighted by molar-refractivity contribution is -0.139. The van der Waals surface area contributed by atoms with Crippen molar-refractivity contribution in [1.82, 2.24) is 0 Å². The quantitative estimate of drug-likeness (QED) is 0.0660. The van der Waals surface area contributed by atoms with Crippen molar-refractivity contribution < 1.29 is 19.8 Å². The van der Waals surface area contributed by atoms with E-state index < -0.39 is 23.8 Å². The fourth-order valence-electron chi connectivity index (χ4n) is 8.72. The minimum Gasteiger partial charge on any atom is -0.481 e. The number of hydrogen-bond acceptors (Lipinski definition) is 5. The maximum atomic E-state index is 12.9. The highest BCUT2D eigenvalue weighted by molar-refractivity contribution is 7.99. The van der Waals surface area contributed by atoms with Gasteiger partial charge in [0, 0.05) is 21.3 Å². The van der Waals surface area contributed by atoms with Crippen LogP contribution in [0.5, 0.6) is 0 Å². The van der Waals surface area contributed by atoms with E-state index in [1.165, 1.54) is 141 Å². The van der Waals surface area contributed by atoms with Crippen molar-refractivity contribution >= 4 is 47.2 Å². The molecule has 2 aromatic rings. The van der Waals surface area contributed by atoms with Crippen LogP contribution in [0, 0.1) is 13.8 Å². The van der Waals surface area contributed by atoms with Crippen LogP contribution in [0.2, 0.25) is 0 Å². The molecule has 0 aliphatic carbocycles. The molecule has 2 atom stereocenters. The van der Waals surface area contributed by atoms with Gasteiger partial charge in [0.1, 0.15) is 0 Å². The third-order valence-electron chi connectivity index (χ3n) is 12.7. The van der Waals surface area contributed by atoms with Gasteiger partial charge in [-0.15, -0.1) is 0 Å². The summed E-state index contributed by atoms with van der Waals surface area (Å²) in [4.78, 5) is 28.0. The molecule has 360 valence electrons. The second-order valence-corrected chi connectivity index (χ2v) is 24.1. The number of aryl methyl sites for hydroxylation is 2. The molecule has 0 radical (unpaired) electrons. The maximum absolute atomic E-state index is 12.9. The highest BCUT2D eigenvalue weighted by Crippen LogP contribution is 2.43. The van der Waals surface area contributed by atoms with Gasteiger partial charge in [0.15, 0.2) is 0 Å². The number of thioether (sulfide) groups is 2. The van der Waals surface area contributed by atoms with Crippen LogP contribution in [0.1, 0.15) is 255 Å². The van der Waals surface area contributed by atoms with E-state index in [1.807, 2.05) is 0 Å². The Hall–Kier alpha value is -1.57. The first-order valence-corrected chi connectivity index (χ1v) is 28.7. The second-order valence-electron chi connectivity index (χ2n) is 20.7.